The minimum atomic E-state index is -0.0758. The van der Waals surface area contributed by atoms with Crippen LogP contribution < -0.4 is 5.32 Å². The molecular formula is C14H25NO2S. The highest BCUT2D eigenvalue weighted by molar-refractivity contribution is 7.99. The van der Waals surface area contributed by atoms with Crippen molar-refractivity contribution in [3.8, 4) is 0 Å². The van der Waals surface area contributed by atoms with E-state index in [1.165, 1.54) is 51.4 Å². The quantitative estimate of drug-likeness (QED) is 0.630. The van der Waals surface area contributed by atoms with E-state index in [4.69, 9.17) is 4.74 Å². The molecule has 18 heavy (non-hydrogen) atoms. The monoisotopic (exact) mass is 271 g/mol. The van der Waals surface area contributed by atoms with Crippen LogP contribution in [0.25, 0.3) is 0 Å². The molecule has 2 unspecified atom stereocenters. The summed E-state index contributed by atoms with van der Waals surface area (Å²) in [4.78, 5) is 12.0. The van der Waals surface area contributed by atoms with Gasteiger partial charge in [0.2, 0.25) is 0 Å². The van der Waals surface area contributed by atoms with E-state index in [1.807, 2.05) is 11.8 Å². The highest BCUT2D eigenvalue weighted by Crippen LogP contribution is 2.28. The normalized spacial score (nSPS) is 27.7. The van der Waals surface area contributed by atoms with Crippen molar-refractivity contribution in [2.24, 2.45) is 5.92 Å². The van der Waals surface area contributed by atoms with Crippen LogP contribution in [0.5, 0.6) is 0 Å². The SMILES string of the molecule is COC(=O)C(NC1CCCCCC1)C1CCSC1. The van der Waals surface area contributed by atoms with Crippen LogP contribution in [0.1, 0.15) is 44.9 Å². The minimum Gasteiger partial charge on any atom is -0.468 e. The third-order valence-corrected chi connectivity index (χ3v) is 5.35. The predicted molar refractivity (Wildman–Crippen MR) is 75.9 cm³/mol. The summed E-state index contributed by atoms with van der Waals surface area (Å²) in [5.41, 5.74) is 0. The second-order valence-corrected chi connectivity index (χ2v) is 6.63. The molecule has 1 heterocycles. The summed E-state index contributed by atoms with van der Waals surface area (Å²) in [6.07, 6.45) is 8.86. The van der Waals surface area contributed by atoms with Gasteiger partial charge in [-0.2, -0.15) is 11.8 Å². The summed E-state index contributed by atoms with van der Waals surface area (Å²) in [6, 6.07) is 0.440. The van der Waals surface area contributed by atoms with Gasteiger partial charge in [0.25, 0.3) is 0 Å². The highest BCUT2D eigenvalue weighted by atomic mass is 32.2. The second kappa shape index (κ2) is 7.39. The third kappa shape index (κ3) is 3.89. The summed E-state index contributed by atoms with van der Waals surface area (Å²) < 4.78 is 4.99. The van der Waals surface area contributed by atoms with Crippen molar-refractivity contribution >= 4 is 17.7 Å². The first-order valence-electron chi connectivity index (χ1n) is 7.23. The Morgan fingerprint density at radius 1 is 1.22 bits per heavy atom. The largest absolute Gasteiger partial charge is 0.468 e. The molecule has 0 spiro atoms. The molecule has 1 N–H and O–H groups in total. The van der Waals surface area contributed by atoms with Crippen LogP contribution in [-0.2, 0) is 9.53 Å². The molecule has 0 amide bonds. The van der Waals surface area contributed by atoms with Crippen LogP contribution in [0.2, 0.25) is 0 Å². The van der Waals surface area contributed by atoms with Gasteiger partial charge in [-0.05, 0) is 36.7 Å². The molecule has 2 fully saturated rings. The number of rotatable bonds is 4. The van der Waals surface area contributed by atoms with Crippen molar-refractivity contribution in [2.45, 2.75) is 57.0 Å². The van der Waals surface area contributed by atoms with E-state index in [1.54, 1.807) is 0 Å². The van der Waals surface area contributed by atoms with E-state index in [0.717, 1.165) is 12.2 Å². The van der Waals surface area contributed by atoms with Gasteiger partial charge in [0.15, 0.2) is 0 Å². The van der Waals surface area contributed by atoms with E-state index in [-0.39, 0.29) is 12.0 Å². The number of hydrogen-bond acceptors (Lipinski definition) is 4. The Morgan fingerprint density at radius 2 is 1.94 bits per heavy atom. The van der Waals surface area contributed by atoms with E-state index >= 15 is 0 Å². The molecule has 2 rings (SSSR count). The predicted octanol–water partition coefficient (Wildman–Crippen LogP) is 2.59. The van der Waals surface area contributed by atoms with E-state index in [2.05, 4.69) is 5.32 Å². The van der Waals surface area contributed by atoms with E-state index in [0.29, 0.717) is 12.0 Å². The molecule has 0 aromatic rings. The smallest absolute Gasteiger partial charge is 0.323 e. The highest BCUT2D eigenvalue weighted by Gasteiger charge is 2.33. The maximum atomic E-state index is 12.0. The average molecular weight is 271 g/mol. The molecule has 3 nitrogen and oxygen atoms in total. The third-order valence-electron chi connectivity index (χ3n) is 4.16. The molecule has 104 valence electrons. The molecule has 0 radical (unpaired) electrons. The number of ether oxygens (including phenoxy) is 1. The van der Waals surface area contributed by atoms with Crippen LogP contribution in [0, 0.1) is 5.92 Å². The summed E-state index contributed by atoms with van der Waals surface area (Å²) in [5.74, 6) is 2.68. The molecule has 0 aromatic carbocycles. The zero-order valence-corrected chi connectivity index (χ0v) is 12.1. The molecule has 1 aliphatic heterocycles. The van der Waals surface area contributed by atoms with Crippen molar-refractivity contribution in [3.63, 3.8) is 0 Å². The molecule has 0 bridgehead atoms. The molecule has 1 saturated heterocycles. The van der Waals surface area contributed by atoms with Gasteiger partial charge in [-0.1, -0.05) is 25.7 Å². The number of carbonyl (C=O) groups is 1. The zero-order chi connectivity index (χ0) is 12.8. The summed E-state index contributed by atoms with van der Waals surface area (Å²) in [6.45, 7) is 0. The fourth-order valence-electron chi connectivity index (χ4n) is 3.04. The Bertz CT molecular complexity index is 259. The van der Waals surface area contributed by atoms with E-state index in [9.17, 15) is 4.79 Å². The van der Waals surface area contributed by atoms with Crippen molar-refractivity contribution in [1.29, 1.82) is 0 Å². The Labute approximate surface area is 114 Å². The first-order valence-corrected chi connectivity index (χ1v) is 8.38. The number of esters is 1. The molecule has 2 aliphatic rings. The molecule has 1 saturated carbocycles. The number of carbonyl (C=O) groups excluding carboxylic acids is 1. The van der Waals surface area contributed by atoms with Gasteiger partial charge in [-0.25, -0.2) is 0 Å². The summed E-state index contributed by atoms with van der Waals surface area (Å²) >= 11 is 1.96. The average Bonchev–Trinajstić information content (AvgIpc) is 2.79. The Kier molecular flexibility index (Phi) is 5.83. The number of thioether (sulfide) groups is 1. The fraction of sp³-hybridized carbons (Fsp3) is 0.929. The Balaban J connectivity index is 1.92. The Morgan fingerprint density at radius 3 is 2.50 bits per heavy atom. The molecular weight excluding hydrogens is 246 g/mol. The second-order valence-electron chi connectivity index (χ2n) is 5.48. The maximum Gasteiger partial charge on any atom is 0.323 e. The first-order chi connectivity index (χ1) is 8.81. The van der Waals surface area contributed by atoms with E-state index < -0.39 is 0 Å². The van der Waals surface area contributed by atoms with Crippen molar-refractivity contribution in [1.82, 2.24) is 5.32 Å². The number of nitrogens with one attached hydrogen (secondary N) is 1. The van der Waals surface area contributed by atoms with Gasteiger partial charge in [-0.3, -0.25) is 4.79 Å². The van der Waals surface area contributed by atoms with Gasteiger partial charge >= 0.3 is 5.97 Å². The lowest BCUT2D eigenvalue weighted by atomic mass is 9.97. The van der Waals surface area contributed by atoms with Crippen molar-refractivity contribution in [3.05, 3.63) is 0 Å². The van der Waals surface area contributed by atoms with Gasteiger partial charge in [0.05, 0.1) is 7.11 Å². The Hall–Kier alpha value is -0.220. The lowest BCUT2D eigenvalue weighted by Gasteiger charge is -2.27. The zero-order valence-electron chi connectivity index (χ0n) is 11.3. The van der Waals surface area contributed by atoms with Crippen LogP contribution in [0.4, 0.5) is 0 Å². The van der Waals surface area contributed by atoms with Crippen LogP contribution >= 0.6 is 11.8 Å². The maximum absolute atomic E-state index is 12.0. The number of methoxy groups -OCH3 is 1. The van der Waals surface area contributed by atoms with Crippen LogP contribution in [0.15, 0.2) is 0 Å². The first kappa shape index (κ1) is 14.2. The molecule has 1 aliphatic carbocycles. The summed E-state index contributed by atoms with van der Waals surface area (Å²) in [5, 5.41) is 3.60. The molecule has 0 aromatic heterocycles. The lowest BCUT2D eigenvalue weighted by Crippen LogP contribution is -2.48. The van der Waals surface area contributed by atoms with Gasteiger partial charge < -0.3 is 10.1 Å². The van der Waals surface area contributed by atoms with Gasteiger partial charge in [-0.15, -0.1) is 0 Å². The van der Waals surface area contributed by atoms with Crippen molar-refractivity contribution < 1.29 is 9.53 Å². The molecule has 2 atom stereocenters. The standard InChI is InChI=1S/C14H25NO2S/c1-17-14(16)13(11-8-9-18-10-11)15-12-6-4-2-3-5-7-12/h11-13,15H,2-10H2,1H3. The molecule has 4 heteroatoms. The minimum absolute atomic E-state index is 0.0632. The van der Waals surface area contributed by atoms with Gasteiger partial charge in [0.1, 0.15) is 6.04 Å². The number of hydrogen-bond donors (Lipinski definition) is 1. The van der Waals surface area contributed by atoms with Gasteiger partial charge in [0, 0.05) is 6.04 Å². The van der Waals surface area contributed by atoms with Crippen molar-refractivity contribution in [2.75, 3.05) is 18.6 Å². The fourth-order valence-corrected chi connectivity index (χ4v) is 4.34. The van der Waals surface area contributed by atoms with Crippen LogP contribution in [-0.4, -0.2) is 36.7 Å². The topological polar surface area (TPSA) is 38.3 Å². The van der Waals surface area contributed by atoms with Crippen LogP contribution in [0.3, 0.4) is 0 Å². The lowest BCUT2D eigenvalue weighted by molar-refractivity contribution is -0.144. The summed E-state index contributed by atoms with van der Waals surface area (Å²) in [7, 11) is 1.51.